The van der Waals surface area contributed by atoms with E-state index in [1.165, 1.54) is 29.2 Å². The van der Waals surface area contributed by atoms with E-state index in [9.17, 15) is 0 Å². The molecule has 3 nitrogen and oxygen atoms in total. The van der Waals surface area contributed by atoms with Crippen molar-refractivity contribution < 1.29 is 0 Å². The third-order valence-corrected chi connectivity index (χ3v) is 5.17. The van der Waals surface area contributed by atoms with Crippen LogP contribution in [-0.2, 0) is 0 Å². The van der Waals surface area contributed by atoms with Gasteiger partial charge in [-0.1, -0.05) is 48.5 Å². The third kappa shape index (κ3) is 3.52. The van der Waals surface area contributed by atoms with Crippen LogP contribution in [0.5, 0.6) is 0 Å². The highest BCUT2D eigenvalue weighted by atomic mass is 15.2. The molecule has 1 aliphatic heterocycles. The van der Waals surface area contributed by atoms with Crippen molar-refractivity contribution in [2.45, 2.75) is 31.8 Å². The Morgan fingerprint density at radius 3 is 2.76 bits per heavy atom. The lowest BCUT2D eigenvalue weighted by molar-refractivity contribution is 0.388. The number of pyridine rings is 1. The molecule has 0 bridgehead atoms. The summed E-state index contributed by atoms with van der Waals surface area (Å²) in [6, 6.07) is 22.2. The van der Waals surface area contributed by atoms with Crippen molar-refractivity contribution in [1.82, 2.24) is 10.3 Å². The van der Waals surface area contributed by atoms with Gasteiger partial charge in [-0.05, 0) is 48.2 Å². The van der Waals surface area contributed by atoms with Crippen LogP contribution in [0.4, 0.5) is 5.82 Å². The van der Waals surface area contributed by atoms with Crippen molar-refractivity contribution in [2.24, 2.45) is 0 Å². The molecule has 1 N–H and O–H groups in total. The molecule has 128 valence electrons. The number of nitrogens with one attached hydrogen (secondary N) is 1. The second kappa shape index (κ2) is 7.24. The van der Waals surface area contributed by atoms with Crippen molar-refractivity contribution in [3.63, 3.8) is 0 Å². The number of hydrogen-bond donors (Lipinski definition) is 1. The maximum Gasteiger partial charge on any atom is 0.128 e. The lowest BCUT2D eigenvalue weighted by Gasteiger charge is -2.35. The Kier molecular flexibility index (Phi) is 4.66. The molecule has 4 rings (SSSR count). The quantitative estimate of drug-likeness (QED) is 0.760. The van der Waals surface area contributed by atoms with Crippen LogP contribution in [0.3, 0.4) is 0 Å². The van der Waals surface area contributed by atoms with Gasteiger partial charge in [0, 0.05) is 31.4 Å². The molecule has 1 aromatic heterocycles. The van der Waals surface area contributed by atoms with E-state index in [4.69, 9.17) is 0 Å². The molecular weight excluding hydrogens is 306 g/mol. The Labute approximate surface area is 149 Å². The Hall–Kier alpha value is -2.39. The molecule has 1 aliphatic rings. The minimum Gasteiger partial charge on any atom is -0.355 e. The van der Waals surface area contributed by atoms with E-state index in [0.717, 1.165) is 18.9 Å². The fraction of sp³-hybridized carbons (Fsp3) is 0.318. The lowest BCUT2D eigenvalue weighted by atomic mass is 9.97. The van der Waals surface area contributed by atoms with Gasteiger partial charge in [0.15, 0.2) is 0 Å². The Morgan fingerprint density at radius 1 is 1.04 bits per heavy atom. The third-order valence-electron chi connectivity index (χ3n) is 5.17. The predicted molar refractivity (Wildman–Crippen MR) is 105 cm³/mol. The van der Waals surface area contributed by atoms with Crippen LogP contribution in [0.2, 0.25) is 0 Å². The van der Waals surface area contributed by atoms with Gasteiger partial charge in [0.1, 0.15) is 5.82 Å². The summed E-state index contributed by atoms with van der Waals surface area (Å²) in [6.45, 7) is 4.39. The predicted octanol–water partition coefficient (Wildman–Crippen LogP) is 4.55. The van der Waals surface area contributed by atoms with Crippen LogP contribution in [-0.4, -0.2) is 24.1 Å². The maximum atomic E-state index is 4.51. The van der Waals surface area contributed by atoms with Crippen LogP contribution < -0.4 is 10.2 Å². The van der Waals surface area contributed by atoms with E-state index in [1.807, 2.05) is 12.3 Å². The molecule has 0 saturated carbocycles. The monoisotopic (exact) mass is 331 g/mol. The smallest absolute Gasteiger partial charge is 0.128 e. The number of fused-ring (bicyclic) bond motifs is 1. The number of aromatic nitrogens is 1. The van der Waals surface area contributed by atoms with Crippen molar-refractivity contribution in [2.75, 3.05) is 18.0 Å². The summed E-state index contributed by atoms with van der Waals surface area (Å²) in [7, 11) is 0. The van der Waals surface area contributed by atoms with Crippen LogP contribution in [0.15, 0.2) is 66.9 Å². The first kappa shape index (κ1) is 16.1. The number of piperidine rings is 1. The standard InChI is InChI=1S/C22H25N3/c1-17(20-12-6-9-18-8-2-3-11-21(18)20)24-19-10-7-15-25(16-19)22-13-4-5-14-23-22/h2-6,8-9,11-14,17,19,24H,7,10,15-16H2,1H3/t17-,19-/m1/s1. The van der Waals surface area contributed by atoms with Crippen LogP contribution in [0, 0.1) is 0 Å². The highest BCUT2D eigenvalue weighted by Gasteiger charge is 2.22. The van der Waals surface area contributed by atoms with E-state index in [0.29, 0.717) is 12.1 Å². The van der Waals surface area contributed by atoms with Gasteiger partial charge in [0.2, 0.25) is 0 Å². The first-order valence-electron chi connectivity index (χ1n) is 9.21. The highest BCUT2D eigenvalue weighted by molar-refractivity contribution is 5.86. The molecule has 1 fully saturated rings. The fourth-order valence-corrected chi connectivity index (χ4v) is 3.93. The van der Waals surface area contributed by atoms with Crippen LogP contribution in [0.25, 0.3) is 10.8 Å². The van der Waals surface area contributed by atoms with Gasteiger partial charge in [-0.2, -0.15) is 0 Å². The van der Waals surface area contributed by atoms with Crippen LogP contribution >= 0.6 is 0 Å². The van der Waals surface area contributed by atoms with Crippen molar-refractivity contribution in [3.8, 4) is 0 Å². The number of hydrogen-bond acceptors (Lipinski definition) is 3. The van der Waals surface area contributed by atoms with Crippen LogP contribution in [0.1, 0.15) is 31.4 Å². The highest BCUT2D eigenvalue weighted by Crippen LogP contribution is 2.26. The summed E-state index contributed by atoms with van der Waals surface area (Å²) < 4.78 is 0. The SMILES string of the molecule is C[C@@H](N[C@@H]1CCCN(c2ccccn2)C1)c1cccc2ccccc12. The molecule has 25 heavy (non-hydrogen) atoms. The summed E-state index contributed by atoms with van der Waals surface area (Å²) in [5.74, 6) is 1.09. The number of benzene rings is 2. The summed E-state index contributed by atoms with van der Waals surface area (Å²) in [5, 5.41) is 6.52. The first-order chi connectivity index (χ1) is 12.3. The average Bonchev–Trinajstić information content (AvgIpc) is 2.68. The lowest BCUT2D eigenvalue weighted by Crippen LogP contribution is -2.46. The first-order valence-corrected chi connectivity index (χ1v) is 9.21. The molecule has 0 amide bonds. The average molecular weight is 331 g/mol. The largest absolute Gasteiger partial charge is 0.355 e. The molecule has 0 aliphatic carbocycles. The van der Waals surface area contributed by atoms with Gasteiger partial charge in [0.05, 0.1) is 0 Å². The second-order valence-electron chi connectivity index (χ2n) is 6.93. The minimum atomic E-state index is 0.333. The summed E-state index contributed by atoms with van der Waals surface area (Å²) in [6.07, 6.45) is 4.31. The zero-order valence-corrected chi connectivity index (χ0v) is 14.7. The van der Waals surface area contributed by atoms with Gasteiger partial charge in [-0.3, -0.25) is 0 Å². The van der Waals surface area contributed by atoms with Gasteiger partial charge in [-0.15, -0.1) is 0 Å². The molecular formula is C22H25N3. The zero-order valence-electron chi connectivity index (χ0n) is 14.7. The van der Waals surface area contributed by atoms with E-state index in [-0.39, 0.29) is 0 Å². The molecule has 3 aromatic rings. The van der Waals surface area contributed by atoms with Gasteiger partial charge < -0.3 is 10.2 Å². The Balaban J connectivity index is 1.49. The molecule has 0 radical (unpaired) electrons. The molecule has 0 unspecified atom stereocenters. The second-order valence-corrected chi connectivity index (χ2v) is 6.93. The molecule has 3 heteroatoms. The van der Waals surface area contributed by atoms with Crippen molar-refractivity contribution >= 4 is 16.6 Å². The fourth-order valence-electron chi connectivity index (χ4n) is 3.93. The number of anilines is 1. The van der Waals surface area contributed by atoms with E-state index < -0.39 is 0 Å². The van der Waals surface area contributed by atoms with Gasteiger partial charge in [-0.25, -0.2) is 4.98 Å². The topological polar surface area (TPSA) is 28.2 Å². The van der Waals surface area contributed by atoms with Gasteiger partial charge >= 0.3 is 0 Å². The van der Waals surface area contributed by atoms with Crippen molar-refractivity contribution in [3.05, 3.63) is 72.4 Å². The number of rotatable bonds is 4. The molecule has 1 saturated heterocycles. The summed E-state index contributed by atoms with van der Waals surface area (Å²) >= 11 is 0. The minimum absolute atomic E-state index is 0.333. The van der Waals surface area contributed by atoms with E-state index in [2.05, 4.69) is 76.7 Å². The zero-order chi connectivity index (χ0) is 17.1. The molecule has 2 atom stereocenters. The molecule has 2 aromatic carbocycles. The van der Waals surface area contributed by atoms with Crippen molar-refractivity contribution in [1.29, 1.82) is 0 Å². The van der Waals surface area contributed by atoms with E-state index >= 15 is 0 Å². The summed E-state index contributed by atoms with van der Waals surface area (Å²) in [5.41, 5.74) is 1.38. The molecule has 2 heterocycles. The Bertz CT molecular complexity index is 826. The maximum absolute atomic E-state index is 4.51. The van der Waals surface area contributed by atoms with Gasteiger partial charge in [0.25, 0.3) is 0 Å². The summed E-state index contributed by atoms with van der Waals surface area (Å²) in [4.78, 5) is 6.91. The normalized spacial score (nSPS) is 19.1. The van der Waals surface area contributed by atoms with E-state index in [1.54, 1.807) is 0 Å². The Morgan fingerprint density at radius 2 is 1.88 bits per heavy atom. The molecule has 0 spiro atoms. The number of nitrogens with zero attached hydrogens (tertiary/aromatic N) is 2.